The van der Waals surface area contributed by atoms with Crippen LogP contribution in [0, 0.1) is 0 Å². The second kappa shape index (κ2) is 10.7. The Morgan fingerprint density at radius 1 is 1.07 bits per heavy atom. The number of rotatable bonds is 10. The lowest BCUT2D eigenvalue weighted by molar-refractivity contribution is -0.118. The SMILES string of the molecule is COc1cc2nc(N(CCN(C)C)C(=O)CCSc3ccccc3)sc2cc1OC. The van der Waals surface area contributed by atoms with E-state index in [9.17, 15) is 4.79 Å². The van der Waals surface area contributed by atoms with E-state index in [2.05, 4.69) is 17.0 Å². The van der Waals surface area contributed by atoms with Crippen LogP contribution < -0.4 is 14.4 Å². The molecule has 0 aliphatic carbocycles. The average molecular weight is 446 g/mol. The lowest BCUT2D eigenvalue weighted by atomic mass is 10.3. The van der Waals surface area contributed by atoms with Crippen molar-refractivity contribution in [3.05, 3.63) is 42.5 Å². The van der Waals surface area contributed by atoms with Gasteiger partial charge in [-0.3, -0.25) is 9.69 Å². The molecule has 0 aliphatic heterocycles. The van der Waals surface area contributed by atoms with Crippen LogP contribution in [0.3, 0.4) is 0 Å². The molecule has 2 aromatic carbocycles. The second-order valence-electron chi connectivity index (χ2n) is 6.93. The van der Waals surface area contributed by atoms with Gasteiger partial charge in [-0.1, -0.05) is 29.5 Å². The van der Waals surface area contributed by atoms with Gasteiger partial charge in [-0.15, -0.1) is 11.8 Å². The zero-order valence-electron chi connectivity index (χ0n) is 17.8. The summed E-state index contributed by atoms with van der Waals surface area (Å²) in [6, 6.07) is 13.9. The number of nitrogens with zero attached hydrogens (tertiary/aromatic N) is 3. The maximum atomic E-state index is 13.1. The highest BCUT2D eigenvalue weighted by molar-refractivity contribution is 7.99. The van der Waals surface area contributed by atoms with Crippen molar-refractivity contribution >= 4 is 44.4 Å². The van der Waals surface area contributed by atoms with Gasteiger partial charge < -0.3 is 14.4 Å². The van der Waals surface area contributed by atoms with Crippen LogP contribution in [0.25, 0.3) is 10.2 Å². The minimum atomic E-state index is 0.0817. The van der Waals surface area contributed by atoms with Gasteiger partial charge in [-0.25, -0.2) is 4.98 Å². The number of benzene rings is 2. The Balaban J connectivity index is 1.78. The first-order valence-corrected chi connectivity index (χ1v) is 11.5. The first-order chi connectivity index (χ1) is 14.5. The zero-order chi connectivity index (χ0) is 21.5. The van der Waals surface area contributed by atoms with Gasteiger partial charge in [0.2, 0.25) is 5.91 Å². The maximum absolute atomic E-state index is 13.1. The maximum Gasteiger partial charge on any atom is 0.229 e. The number of hydrogen-bond acceptors (Lipinski definition) is 7. The summed E-state index contributed by atoms with van der Waals surface area (Å²) < 4.78 is 11.7. The Labute approximate surface area is 185 Å². The standard InChI is InChI=1S/C22H27N3O3S2/c1-24(2)11-12-25(21(26)10-13-29-16-8-6-5-7-9-16)22-23-17-14-18(27-3)19(28-4)15-20(17)30-22/h5-9,14-15H,10-13H2,1-4H3. The van der Waals surface area contributed by atoms with Crippen molar-refractivity contribution < 1.29 is 14.3 Å². The van der Waals surface area contributed by atoms with Gasteiger partial charge in [0, 0.05) is 42.3 Å². The number of fused-ring (bicyclic) bond motifs is 1. The molecule has 3 aromatic rings. The Morgan fingerprint density at radius 3 is 2.43 bits per heavy atom. The van der Waals surface area contributed by atoms with Crippen molar-refractivity contribution in [1.82, 2.24) is 9.88 Å². The van der Waals surface area contributed by atoms with E-state index in [1.807, 2.05) is 44.4 Å². The summed E-state index contributed by atoms with van der Waals surface area (Å²) >= 11 is 3.19. The van der Waals surface area contributed by atoms with E-state index in [4.69, 9.17) is 14.5 Å². The van der Waals surface area contributed by atoms with E-state index in [0.29, 0.717) is 29.6 Å². The molecule has 0 saturated carbocycles. The van der Waals surface area contributed by atoms with Gasteiger partial charge in [-0.05, 0) is 26.2 Å². The van der Waals surface area contributed by atoms with Crippen molar-refractivity contribution in [3.63, 3.8) is 0 Å². The third kappa shape index (κ3) is 5.65. The fraction of sp³-hybridized carbons (Fsp3) is 0.364. The molecule has 0 saturated heterocycles. The van der Waals surface area contributed by atoms with Crippen LogP contribution in [-0.2, 0) is 4.79 Å². The molecule has 0 N–H and O–H groups in total. The van der Waals surface area contributed by atoms with Gasteiger partial charge in [0.15, 0.2) is 16.6 Å². The van der Waals surface area contributed by atoms with E-state index in [1.165, 1.54) is 16.2 Å². The molecular formula is C22H27N3O3S2. The molecule has 1 aromatic heterocycles. The van der Waals surface area contributed by atoms with Crippen LogP contribution >= 0.6 is 23.1 Å². The number of aromatic nitrogens is 1. The van der Waals surface area contributed by atoms with Crippen LogP contribution in [0.15, 0.2) is 47.4 Å². The van der Waals surface area contributed by atoms with Crippen molar-refractivity contribution in [2.24, 2.45) is 0 Å². The highest BCUT2D eigenvalue weighted by Gasteiger charge is 2.21. The molecule has 0 aliphatic rings. The predicted molar refractivity (Wildman–Crippen MR) is 125 cm³/mol. The molecule has 0 unspecified atom stereocenters. The quantitative estimate of drug-likeness (QED) is 0.432. The summed E-state index contributed by atoms with van der Waals surface area (Å²) in [5, 5.41) is 0.705. The van der Waals surface area contributed by atoms with E-state index in [0.717, 1.165) is 22.5 Å². The number of carbonyl (C=O) groups is 1. The number of carbonyl (C=O) groups excluding carboxylic acids is 1. The average Bonchev–Trinajstić information content (AvgIpc) is 3.15. The van der Waals surface area contributed by atoms with Gasteiger partial charge in [0.05, 0.1) is 24.4 Å². The molecule has 160 valence electrons. The Kier molecular flexibility index (Phi) is 7.95. The summed E-state index contributed by atoms with van der Waals surface area (Å²) in [7, 11) is 7.22. The molecule has 0 bridgehead atoms. The summed E-state index contributed by atoms with van der Waals surface area (Å²) in [6.45, 7) is 1.36. The molecule has 8 heteroatoms. The summed E-state index contributed by atoms with van der Waals surface area (Å²) in [5.74, 6) is 2.10. The molecular weight excluding hydrogens is 418 g/mol. The fourth-order valence-corrected chi connectivity index (χ4v) is 4.77. The highest BCUT2D eigenvalue weighted by Crippen LogP contribution is 2.37. The van der Waals surface area contributed by atoms with Crippen LogP contribution in [-0.4, -0.2) is 62.9 Å². The largest absolute Gasteiger partial charge is 0.493 e. The molecule has 0 radical (unpaired) electrons. The van der Waals surface area contributed by atoms with Crippen molar-refractivity contribution in [2.45, 2.75) is 11.3 Å². The summed E-state index contributed by atoms with van der Waals surface area (Å²) in [5.41, 5.74) is 0.800. The Morgan fingerprint density at radius 2 is 1.77 bits per heavy atom. The molecule has 3 rings (SSSR count). The first-order valence-electron chi connectivity index (χ1n) is 9.67. The van der Waals surface area contributed by atoms with Crippen molar-refractivity contribution in [2.75, 3.05) is 52.1 Å². The van der Waals surface area contributed by atoms with Crippen molar-refractivity contribution in [1.29, 1.82) is 0 Å². The lowest BCUT2D eigenvalue weighted by Crippen LogP contribution is -2.36. The van der Waals surface area contributed by atoms with Gasteiger partial charge in [-0.2, -0.15) is 0 Å². The molecule has 0 atom stereocenters. The molecule has 0 fully saturated rings. The topological polar surface area (TPSA) is 54.9 Å². The van der Waals surface area contributed by atoms with Crippen LogP contribution in [0.2, 0.25) is 0 Å². The van der Waals surface area contributed by atoms with E-state index in [1.54, 1.807) is 30.9 Å². The number of likely N-dealkylation sites (N-methyl/N-ethyl adjacent to an activating group) is 1. The number of thioether (sulfide) groups is 1. The van der Waals surface area contributed by atoms with Gasteiger partial charge >= 0.3 is 0 Å². The zero-order valence-corrected chi connectivity index (χ0v) is 19.4. The fourth-order valence-electron chi connectivity index (χ4n) is 2.89. The number of thiazole rings is 1. The third-order valence-corrected chi connectivity index (χ3v) is 6.57. The molecule has 6 nitrogen and oxygen atoms in total. The predicted octanol–water partition coefficient (Wildman–Crippen LogP) is 4.39. The monoisotopic (exact) mass is 445 g/mol. The molecule has 30 heavy (non-hydrogen) atoms. The minimum absolute atomic E-state index is 0.0817. The summed E-state index contributed by atoms with van der Waals surface area (Å²) in [4.78, 5) is 22.8. The van der Waals surface area contributed by atoms with Crippen LogP contribution in [0.1, 0.15) is 6.42 Å². The Hall–Kier alpha value is -2.29. The van der Waals surface area contributed by atoms with E-state index < -0.39 is 0 Å². The second-order valence-corrected chi connectivity index (χ2v) is 9.11. The number of hydrogen-bond donors (Lipinski definition) is 0. The molecule has 1 amide bonds. The lowest BCUT2D eigenvalue weighted by Gasteiger charge is -2.22. The normalized spacial score (nSPS) is 11.1. The number of amides is 1. The number of methoxy groups -OCH3 is 2. The summed E-state index contributed by atoms with van der Waals surface area (Å²) in [6.07, 6.45) is 0.454. The van der Waals surface area contributed by atoms with Gasteiger partial charge in [0.25, 0.3) is 0 Å². The molecule has 1 heterocycles. The smallest absolute Gasteiger partial charge is 0.229 e. The van der Waals surface area contributed by atoms with Gasteiger partial charge in [0.1, 0.15) is 0 Å². The molecule has 0 spiro atoms. The van der Waals surface area contributed by atoms with Crippen LogP contribution in [0.4, 0.5) is 5.13 Å². The number of anilines is 1. The van der Waals surface area contributed by atoms with Crippen molar-refractivity contribution in [3.8, 4) is 11.5 Å². The van der Waals surface area contributed by atoms with Crippen LogP contribution in [0.5, 0.6) is 11.5 Å². The minimum Gasteiger partial charge on any atom is -0.493 e. The van der Waals surface area contributed by atoms with E-state index in [-0.39, 0.29) is 5.91 Å². The highest BCUT2D eigenvalue weighted by atomic mass is 32.2. The van der Waals surface area contributed by atoms with E-state index >= 15 is 0 Å². The third-order valence-electron chi connectivity index (χ3n) is 4.51. The first kappa shape index (κ1) is 22.4. The Bertz CT molecular complexity index is 935. The number of ether oxygens (including phenoxy) is 2.